The molecule has 0 bridgehead atoms. The third-order valence-electron chi connectivity index (χ3n) is 2.79. The van der Waals surface area contributed by atoms with Gasteiger partial charge in [0.1, 0.15) is 18.2 Å². The van der Waals surface area contributed by atoms with E-state index in [0.717, 1.165) is 11.4 Å². The van der Waals surface area contributed by atoms with Crippen LogP contribution in [0.2, 0.25) is 5.02 Å². The van der Waals surface area contributed by atoms with Gasteiger partial charge in [-0.3, -0.25) is 0 Å². The lowest BCUT2D eigenvalue weighted by atomic mass is 10.3. The van der Waals surface area contributed by atoms with E-state index >= 15 is 0 Å². The van der Waals surface area contributed by atoms with Crippen LogP contribution in [0.1, 0.15) is 19.5 Å². The summed E-state index contributed by atoms with van der Waals surface area (Å²) in [6.45, 7) is 6.36. The zero-order valence-corrected chi connectivity index (χ0v) is 13.6. The molecule has 22 heavy (non-hydrogen) atoms. The zero-order chi connectivity index (χ0) is 16.1. The number of halogens is 1. The number of nitrogens with one attached hydrogen (secondary N) is 1. The Bertz CT molecular complexity index is 676. The van der Waals surface area contributed by atoms with Gasteiger partial charge in [0.2, 0.25) is 5.95 Å². The Kier molecular flexibility index (Phi) is 5.22. The molecule has 0 spiro atoms. The molecule has 3 N–H and O–H groups in total. The van der Waals surface area contributed by atoms with Crippen LogP contribution in [0.5, 0.6) is 5.75 Å². The minimum absolute atomic E-state index is 0.420. The molecule has 0 unspecified atom stereocenters. The van der Waals surface area contributed by atoms with Crippen molar-refractivity contribution in [3.8, 4) is 5.75 Å². The van der Waals surface area contributed by atoms with Crippen molar-refractivity contribution < 1.29 is 4.74 Å². The summed E-state index contributed by atoms with van der Waals surface area (Å²) in [5.41, 5.74) is 8.48. The molecule has 0 saturated carbocycles. The summed E-state index contributed by atoms with van der Waals surface area (Å²) < 4.78 is 5.66. The molecule has 0 saturated heterocycles. The highest BCUT2D eigenvalue weighted by atomic mass is 35.5. The lowest BCUT2D eigenvalue weighted by Gasteiger charge is -2.10. The van der Waals surface area contributed by atoms with E-state index in [0.29, 0.717) is 29.1 Å². The van der Waals surface area contributed by atoms with Gasteiger partial charge in [-0.1, -0.05) is 17.2 Å². The second-order valence-corrected chi connectivity index (χ2v) is 5.53. The highest BCUT2D eigenvalue weighted by molar-refractivity contribution is 6.32. The Morgan fingerprint density at radius 1 is 1.32 bits per heavy atom. The van der Waals surface area contributed by atoms with Crippen molar-refractivity contribution in [2.45, 2.75) is 20.8 Å². The van der Waals surface area contributed by atoms with Gasteiger partial charge in [0.15, 0.2) is 0 Å². The fourth-order valence-electron chi connectivity index (χ4n) is 1.77. The number of allylic oxidation sites excluding steroid dienone is 1. The molecule has 2 aromatic rings. The quantitative estimate of drug-likeness (QED) is 0.812. The second kappa shape index (κ2) is 7.13. The summed E-state index contributed by atoms with van der Waals surface area (Å²) >= 11 is 6.14. The van der Waals surface area contributed by atoms with Crippen molar-refractivity contribution >= 4 is 29.1 Å². The Balaban J connectivity index is 2.16. The van der Waals surface area contributed by atoms with E-state index in [4.69, 9.17) is 22.1 Å². The number of benzene rings is 1. The Labute approximate surface area is 135 Å². The minimum atomic E-state index is 0.420. The van der Waals surface area contributed by atoms with Crippen molar-refractivity contribution in [2.24, 2.45) is 0 Å². The van der Waals surface area contributed by atoms with Crippen molar-refractivity contribution in [1.82, 2.24) is 9.97 Å². The van der Waals surface area contributed by atoms with Crippen LogP contribution in [-0.4, -0.2) is 16.6 Å². The Morgan fingerprint density at radius 3 is 2.77 bits per heavy atom. The number of hydrogen-bond acceptors (Lipinski definition) is 5. The summed E-state index contributed by atoms with van der Waals surface area (Å²) in [7, 11) is 0. The highest BCUT2D eigenvalue weighted by Crippen LogP contribution is 2.29. The van der Waals surface area contributed by atoms with Crippen molar-refractivity contribution in [1.29, 1.82) is 0 Å². The van der Waals surface area contributed by atoms with Gasteiger partial charge >= 0.3 is 0 Å². The summed E-state index contributed by atoms with van der Waals surface area (Å²) in [4.78, 5) is 8.42. The van der Waals surface area contributed by atoms with E-state index in [1.807, 2.05) is 39.0 Å². The number of nitrogens with zero attached hydrogens (tertiary/aromatic N) is 2. The SMILES string of the molecule is CC(C)=CCOc1cc(Nc2nc(C)cc(N)n2)ccc1Cl. The Morgan fingerprint density at radius 2 is 2.09 bits per heavy atom. The van der Waals surface area contributed by atoms with Crippen LogP contribution < -0.4 is 15.8 Å². The molecule has 6 heteroatoms. The number of ether oxygens (including phenoxy) is 1. The van der Waals surface area contributed by atoms with E-state index < -0.39 is 0 Å². The monoisotopic (exact) mass is 318 g/mol. The maximum absolute atomic E-state index is 6.14. The molecular formula is C16H19ClN4O. The Hall–Kier alpha value is -2.27. The molecule has 0 aliphatic rings. The molecule has 0 radical (unpaired) electrons. The molecule has 2 rings (SSSR count). The minimum Gasteiger partial charge on any atom is -0.488 e. The normalized spacial score (nSPS) is 10.2. The molecule has 1 aromatic heterocycles. The van der Waals surface area contributed by atoms with Crippen LogP contribution in [0.4, 0.5) is 17.5 Å². The highest BCUT2D eigenvalue weighted by Gasteiger charge is 2.05. The molecule has 0 atom stereocenters. The lowest BCUT2D eigenvalue weighted by molar-refractivity contribution is 0.362. The van der Waals surface area contributed by atoms with Gasteiger partial charge in [-0.25, -0.2) is 4.98 Å². The maximum Gasteiger partial charge on any atom is 0.229 e. The first kappa shape index (κ1) is 16.1. The number of nitrogen functional groups attached to an aromatic ring is 1. The van der Waals surface area contributed by atoms with Crippen LogP contribution >= 0.6 is 11.6 Å². The van der Waals surface area contributed by atoms with E-state index in [2.05, 4.69) is 15.3 Å². The van der Waals surface area contributed by atoms with E-state index in [-0.39, 0.29) is 0 Å². The second-order valence-electron chi connectivity index (χ2n) is 5.12. The number of aromatic nitrogens is 2. The van der Waals surface area contributed by atoms with Crippen LogP contribution in [0.3, 0.4) is 0 Å². The summed E-state index contributed by atoms with van der Waals surface area (Å²) in [5, 5.41) is 3.65. The van der Waals surface area contributed by atoms with Gasteiger partial charge in [-0.15, -0.1) is 0 Å². The molecule has 1 aromatic carbocycles. The van der Waals surface area contributed by atoms with Gasteiger partial charge in [0.05, 0.1) is 5.02 Å². The number of hydrogen-bond donors (Lipinski definition) is 2. The summed E-state index contributed by atoms with van der Waals surface area (Å²) in [5.74, 6) is 1.46. The van der Waals surface area contributed by atoms with Crippen LogP contribution in [0, 0.1) is 6.92 Å². The molecule has 1 heterocycles. The fraction of sp³-hybridized carbons (Fsp3) is 0.250. The molecule has 0 fully saturated rings. The zero-order valence-electron chi connectivity index (χ0n) is 12.9. The molecule has 116 valence electrons. The molecule has 0 aliphatic heterocycles. The number of nitrogens with two attached hydrogens (primary N) is 1. The summed E-state index contributed by atoms with van der Waals surface area (Å²) in [6.07, 6.45) is 1.99. The van der Waals surface area contributed by atoms with E-state index in [1.165, 1.54) is 5.57 Å². The van der Waals surface area contributed by atoms with E-state index in [1.54, 1.807) is 12.1 Å². The van der Waals surface area contributed by atoms with Crippen molar-refractivity contribution in [3.63, 3.8) is 0 Å². The number of aryl methyl sites for hydroxylation is 1. The third kappa shape index (κ3) is 4.63. The molecule has 0 aliphatic carbocycles. The lowest BCUT2D eigenvalue weighted by Crippen LogP contribution is -2.02. The number of rotatable bonds is 5. The van der Waals surface area contributed by atoms with Gasteiger partial charge < -0.3 is 15.8 Å². The van der Waals surface area contributed by atoms with Crippen LogP contribution in [0.15, 0.2) is 35.9 Å². The topological polar surface area (TPSA) is 73.1 Å². The smallest absolute Gasteiger partial charge is 0.229 e. The van der Waals surface area contributed by atoms with Crippen molar-refractivity contribution in [3.05, 3.63) is 46.6 Å². The maximum atomic E-state index is 6.14. The first-order valence-electron chi connectivity index (χ1n) is 6.88. The fourth-order valence-corrected chi connectivity index (χ4v) is 1.94. The predicted molar refractivity (Wildman–Crippen MR) is 90.8 cm³/mol. The van der Waals surface area contributed by atoms with Crippen molar-refractivity contribution in [2.75, 3.05) is 17.7 Å². The predicted octanol–water partition coefficient (Wildman–Crippen LogP) is 4.11. The average molecular weight is 319 g/mol. The standard InChI is InChI=1S/C16H19ClN4O/c1-10(2)6-7-22-14-9-12(4-5-13(14)17)20-16-19-11(3)8-15(18)21-16/h4-6,8-9H,7H2,1-3H3,(H3,18,19,20,21). The van der Waals surface area contributed by atoms with E-state index in [9.17, 15) is 0 Å². The molecule has 0 amide bonds. The van der Waals surface area contributed by atoms with Gasteiger partial charge in [-0.2, -0.15) is 4.98 Å². The third-order valence-corrected chi connectivity index (χ3v) is 3.10. The first-order chi connectivity index (χ1) is 10.4. The molecular weight excluding hydrogens is 300 g/mol. The average Bonchev–Trinajstić information content (AvgIpc) is 2.40. The summed E-state index contributed by atoms with van der Waals surface area (Å²) in [6, 6.07) is 7.11. The molecule has 5 nitrogen and oxygen atoms in total. The van der Waals surface area contributed by atoms with Gasteiger partial charge in [-0.05, 0) is 39.0 Å². The van der Waals surface area contributed by atoms with Crippen LogP contribution in [0.25, 0.3) is 0 Å². The first-order valence-corrected chi connectivity index (χ1v) is 7.26. The largest absolute Gasteiger partial charge is 0.488 e. The number of anilines is 3. The van der Waals surface area contributed by atoms with Gasteiger partial charge in [0, 0.05) is 23.5 Å². The van der Waals surface area contributed by atoms with Crippen LogP contribution in [-0.2, 0) is 0 Å². The van der Waals surface area contributed by atoms with Gasteiger partial charge in [0.25, 0.3) is 0 Å².